The maximum atomic E-state index is 2.40. The van der Waals surface area contributed by atoms with Crippen LogP contribution in [0, 0.1) is 0 Å². The Morgan fingerprint density at radius 3 is 1.88 bits per heavy atom. The van der Waals surface area contributed by atoms with E-state index in [2.05, 4.69) is 91.9 Å². The van der Waals surface area contributed by atoms with Gasteiger partial charge in [0.25, 0.3) is 0 Å². The third-order valence-electron chi connectivity index (χ3n) is 5.47. The Kier molecular flexibility index (Phi) is 4.25. The molecule has 0 spiro atoms. The standard InChI is InChI=1S/C23H24P/c1-19-16-17-24(21-11-4-2-5-12-21,22-13-6-3-7-14-22)18-20-10-8-9-15-23(19)20/h2-15,19H,16-18H2,1H3/q+1/t19-/m1/s1. The third kappa shape index (κ3) is 2.70. The van der Waals surface area contributed by atoms with E-state index in [4.69, 9.17) is 0 Å². The summed E-state index contributed by atoms with van der Waals surface area (Å²) < 4.78 is 0. The van der Waals surface area contributed by atoms with E-state index in [1.54, 1.807) is 21.7 Å². The minimum Gasteiger partial charge on any atom is -0.0620 e. The largest absolute Gasteiger partial charge is 0.0995 e. The van der Waals surface area contributed by atoms with Crippen LogP contribution < -0.4 is 10.6 Å². The minimum atomic E-state index is -1.41. The van der Waals surface area contributed by atoms with Gasteiger partial charge in [0.2, 0.25) is 0 Å². The van der Waals surface area contributed by atoms with E-state index < -0.39 is 7.26 Å². The minimum absolute atomic E-state index is 0.649. The first kappa shape index (κ1) is 15.6. The van der Waals surface area contributed by atoms with Crippen molar-refractivity contribution in [2.24, 2.45) is 0 Å². The molecule has 0 saturated heterocycles. The summed E-state index contributed by atoms with van der Waals surface area (Å²) in [4.78, 5) is 0. The molecule has 0 amide bonds. The van der Waals surface area contributed by atoms with Crippen molar-refractivity contribution in [3.63, 3.8) is 0 Å². The van der Waals surface area contributed by atoms with E-state index >= 15 is 0 Å². The summed E-state index contributed by atoms with van der Waals surface area (Å²) in [6.07, 6.45) is 3.77. The fourth-order valence-corrected chi connectivity index (χ4v) is 8.64. The third-order valence-corrected chi connectivity index (χ3v) is 9.95. The summed E-state index contributed by atoms with van der Waals surface area (Å²) in [5.74, 6) is 0.649. The Morgan fingerprint density at radius 2 is 1.25 bits per heavy atom. The SMILES string of the molecule is C[C@@H]1CC[P+](c2ccccc2)(c2ccccc2)Cc2ccccc21. The zero-order valence-corrected chi connectivity index (χ0v) is 15.1. The van der Waals surface area contributed by atoms with Crippen LogP contribution in [0.5, 0.6) is 0 Å². The normalized spacial score (nSPS) is 19.3. The summed E-state index contributed by atoms with van der Waals surface area (Å²) in [7, 11) is -1.41. The second-order valence-corrected chi connectivity index (χ2v) is 10.6. The molecule has 0 aromatic heterocycles. The molecular weight excluding hydrogens is 307 g/mol. The maximum absolute atomic E-state index is 2.40. The molecule has 0 N–H and O–H groups in total. The summed E-state index contributed by atoms with van der Waals surface area (Å²) in [5, 5.41) is 3.11. The average molecular weight is 331 g/mol. The smallest absolute Gasteiger partial charge is 0.0620 e. The number of fused-ring (bicyclic) bond motifs is 1. The van der Waals surface area contributed by atoms with Gasteiger partial charge in [-0.1, -0.05) is 67.6 Å². The van der Waals surface area contributed by atoms with Crippen LogP contribution in [-0.2, 0) is 6.16 Å². The molecule has 120 valence electrons. The molecule has 4 rings (SSSR count). The molecule has 3 aromatic carbocycles. The van der Waals surface area contributed by atoms with Gasteiger partial charge in [-0.05, 0) is 47.7 Å². The predicted octanol–water partition coefficient (Wildman–Crippen LogP) is 5.36. The number of benzene rings is 3. The highest BCUT2D eigenvalue weighted by molar-refractivity contribution is 7.88. The Labute approximate surface area is 145 Å². The van der Waals surface area contributed by atoms with Crippen LogP contribution >= 0.6 is 7.26 Å². The lowest BCUT2D eigenvalue weighted by molar-refractivity contribution is 0.739. The molecule has 1 atom stereocenters. The molecular formula is C23H24P+. The molecule has 1 heterocycles. The first-order valence-corrected chi connectivity index (χ1v) is 11.0. The van der Waals surface area contributed by atoms with Gasteiger partial charge >= 0.3 is 0 Å². The Hall–Kier alpha value is -1.91. The van der Waals surface area contributed by atoms with Crippen LogP contribution in [0.3, 0.4) is 0 Å². The van der Waals surface area contributed by atoms with Crippen molar-refractivity contribution >= 4 is 17.9 Å². The average Bonchev–Trinajstić information content (AvgIpc) is 2.81. The van der Waals surface area contributed by atoms with Gasteiger partial charge in [-0.25, -0.2) is 0 Å². The van der Waals surface area contributed by atoms with E-state index in [-0.39, 0.29) is 0 Å². The van der Waals surface area contributed by atoms with E-state index in [0.717, 1.165) is 0 Å². The Morgan fingerprint density at radius 1 is 0.708 bits per heavy atom. The first-order chi connectivity index (χ1) is 11.8. The lowest BCUT2D eigenvalue weighted by Gasteiger charge is -2.26. The highest BCUT2D eigenvalue weighted by Crippen LogP contribution is 2.62. The van der Waals surface area contributed by atoms with Crippen molar-refractivity contribution < 1.29 is 0 Å². The van der Waals surface area contributed by atoms with Gasteiger partial charge in [0.05, 0.1) is 30.2 Å². The fourth-order valence-electron chi connectivity index (χ4n) is 4.11. The van der Waals surface area contributed by atoms with Crippen molar-refractivity contribution in [2.45, 2.75) is 25.4 Å². The topological polar surface area (TPSA) is 0 Å². The zero-order valence-electron chi connectivity index (χ0n) is 14.2. The quantitative estimate of drug-likeness (QED) is 0.554. The molecule has 0 saturated carbocycles. The molecule has 24 heavy (non-hydrogen) atoms. The van der Waals surface area contributed by atoms with Crippen LogP contribution in [0.4, 0.5) is 0 Å². The fraction of sp³-hybridized carbons (Fsp3) is 0.217. The highest BCUT2D eigenvalue weighted by Gasteiger charge is 2.45. The van der Waals surface area contributed by atoms with Crippen molar-refractivity contribution in [3.8, 4) is 0 Å². The van der Waals surface area contributed by atoms with Crippen LogP contribution in [-0.4, -0.2) is 6.16 Å². The number of hydrogen-bond donors (Lipinski definition) is 0. The highest BCUT2D eigenvalue weighted by atomic mass is 31.2. The van der Waals surface area contributed by atoms with Crippen LogP contribution in [0.15, 0.2) is 84.9 Å². The Balaban J connectivity index is 1.92. The van der Waals surface area contributed by atoms with Crippen LogP contribution in [0.2, 0.25) is 0 Å². The van der Waals surface area contributed by atoms with E-state index in [1.165, 1.54) is 18.7 Å². The maximum Gasteiger partial charge on any atom is 0.0995 e. The molecule has 1 aliphatic heterocycles. The summed E-state index contributed by atoms with van der Waals surface area (Å²) in [5.41, 5.74) is 3.12. The molecule has 0 fully saturated rings. The van der Waals surface area contributed by atoms with Crippen molar-refractivity contribution in [3.05, 3.63) is 96.1 Å². The monoisotopic (exact) mass is 331 g/mol. The van der Waals surface area contributed by atoms with Crippen molar-refractivity contribution in [1.29, 1.82) is 0 Å². The zero-order chi connectivity index (χ0) is 16.4. The molecule has 1 aliphatic rings. The van der Waals surface area contributed by atoms with Gasteiger partial charge in [0, 0.05) is 0 Å². The van der Waals surface area contributed by atoms with E-state index in [1.807, 2.05) is 0 Å². The van der Waals surface area contributed by atoms with E-state index in [9.17, 15) is 0 Å². The lowest BCUT2D eigenvalue weighted by atomic mass is 9.95. The second kappa shape index (κ2) is 6.54. The van der Waals surface area contributed by atoms with Crippen molar-refractivity contribution in [1.82, 2.24) is 0 Å². The van der Waals surface area contributed by atoms with E-state index in [0.29, 0.717) is 5.92 Å². The molecule has 0 radical (unpaired) electrons. The van der Waals surface area contributed by atoms with Crippen LogP contribution in [0.25, 0.3) is 0 Å². The summed E-state index contributed by atoms with van der Waals surface area (Å²) >= 11 is 0. The Bertz CT molecular complexity index is 768. The van der Waals surface area contributed by atoms with Gasteiger partial charge < -0.3 is 0 Å². The molecule has 0 aliphatic carbocycles. The number of rotatable bonds is 2. The van der Waals surface area contributed by atoms with Gasteiger partial charge in [0.1, 0.15) is 0 Å². The second-order valence-electron chi connectivity index (χ2n) is 6.91. The first-order valence-electron chi connectivity index (χ1n) is 8.86. The lowest BCUT2D eigenvalue weighted by Crippen LogP contribution is -2.26. The molecule has 0 unspecified atom stereocenters. The van der Waals surface area contributed by atoms with Crippen LogP contribution in [0.1, 0.15) is 30.4 Å². The molecule has 1 heteroatoms. The summed E-state index contributed by atoms with van der Waals surface area (Å²) in [6, 6.07) is 31.7. The van der Waals surface area contributed by atoms with Crippen molar-refractivity contribution in [2.75, 3.05) is 6.16 Å². The van der Waals surface area contributed by atoms with Gasteiger partial charge in [-0.15, -0.1) is 0 Å². The molecule has 3 aromatic rings. The van der Waals surface area contributed by atoms with Gasteiger partial charge in [-0.2, -0.15) is 0 Å². The summed E-state index contributed by atoms with van der Waals surface area (Å²) in [6.45, 7) is 2.40. The molecule has 0 nitrogen and oxygen atoms in total. The molecule has 0 bridgehead atoms. The predicted molar refractivity (Wildman–Crippen MR) is 107 cm³/mol. The number of hydrogen-bond acceptors (Lipinski definition) is 0. The van der Waals surface area contributed by atoms with Gasteiger partial charge in [0.15, 0.2) is 0 Å². The van der Waals surface area contributed by atoms with Gasteiger partial charge in [-0.3, -0.25) is 0 Å².